The molecule has 1 saturated heterocycles. The number of likely N-dealkylation sites (N-methyl/N-ethyl adjacent to an activating group) is 1. The van der Waals surface area contributed by atoms with Gasteiger partial charge in [-0.1, -0.05) is 0 Å². The lowest BCUT2D eigenvalue weighted by molar-refractivity contribution is -0.0674. The minimum absolute atomic E-state index is 0.380. The third-order valence-corrected chi connectivity index (χ3v) is 2.84. The van der Waals surface area contributed by atoms with Crippen LogP contribution in [-0.4, -0.2) is 75.4 Å². The second-order valence-corrected chi connectivity index (χ2v) is 5.07. The van der Waals surface area contributed by atoms with Crippen molar-refractivity contribution in [3.63, 3.8) is 0 Å². The van der Waals surface area contributed by atoms with Crippen LogP contribution in [0.25, 0.3) is 0 Å². The summed E-state index contributed by atoms with van der Waals surface area (Å²) in [5.74, 6) is 0. The molecule has 0 aliphatic carbocycles. The molecule has 0 radical (unpaired) electrons. The van der Waals surface area contributed by atoms with Gasteiger partial charge in [0.1, 0.15) is 0 Å². The van der Waals surface area contributed by atoms with Crippen LogP contribution in [0.1, 0.15) is 13.8 Å². The van der Waals surface area contributed by atoms with Gasteiger partial charge in [-0.25, -0.2) is 0 Å². The van der Waals surface area contributed by atoms with Crippen LogP contribution in [0.4, 0.5) is 0 Å². The van der Waals surface area contributed by atoms with Crippen LogP contribution in [0.2, 0.25) is 0 Å². The summed E-state index contributed by atoms with van der Waals surface area (Å²) in [6, 6.07) is 0. The Bertz CT molecular complexity index is 177. The van der Waals surface area contributed by atoms with Gasteiger partial charge in [0.25, 0.3) is 0 Å². The molecule has 1 fully saturated rings. The molecule has 0 spiro atoms. The summed E-state index contributed by atoms with van der Waals surface area (Å²) in [6.07, 6.45) is 0.760. The van der Waals surface area contributed by atoms with Crippen molar-refractivity contribution in [2.75, 3.05) is 53.4 Å². The number of ether oxygens (including phenoxy) is 1. The van der Waals surface area contributed by atoms with Crippen LogP contribution >= 0.6 is 0 Å². The number of morpholine rings is 1. The van der Waals surface area contributed by atoms with Gasteiger partial charge in [-0.2, -0.15) is 0 Å². The molecule has 16 heavy (non-hydrogen) atoms. The van der Waals surface area contributed by atoms with E-state index in [-0.39, 0.29) is 0 Å². The molecular weight excluding hydrogens is 202 g/mol. The van der Waals surface area contributed by atoms with Crippen molar-refractivity contribution in [3.8, 4) is 0 Å². The SMILES string of the molecule is CC1CN(CCNCCN(C)C)CC(C)O1. The maximum absolute atomic E-state index is 5.71. The van der Waals surface area contributed by atoms with E-state index in [4.69, 9.17) is 4.74 Å². The van der Waals surface area contributed by atoms with E-state index in [0.29, 0.717) is 12.2 Å². The van der Waals surface area contributed by atoms with Crippen molar-refractivity contribution in [2.45, 2.75) is 26.1 Å². The van der Waals surface area contributed by atoms with E-state index in [1.807, 2.05) is 0 Å². The van der Waals surface area contributed by atoms with Crippen LogP contribution in [-0.2, 0) is 4.74 Å². The first-order chi connectivity index (χ1) is 7.58. The Morgan fingerprint density at radius 3 is 2.38 bits per heavy atom. The highest BCUT2D eigenvalue weighted by molar-refractivity contribution is 4.73. The number of hydrogen-bond acceptors (Lipinski definition) is 4. The van der Waals surface area contributed by atoms with Crippen molar-refractivity contribution >= 4 is 0 Å². The quantitative estimate of drug-likeness (QED) is 0.661. The van der Waals surface area contributed by atoms with E-state index < -0.39 is 0 Å². The van der Waals surface area contributed by atoms with Gasteiger partial charge in [0.05, 0.1) is 12.2 Å². The number of rotatable bonds is 6. The fourth-order valence-electron chi connectivity index (χ4n) is 2.13. The maximum Gasteiger partial charge on any atom is 0.0678 e. The van der Waals surface area contributed by atoms with Gasteiger partial charge in [-0.3, -0.25) is 4.90 Å². The van der Waals surface area contributed by atoms with Gasteiger partial charge < -0.3 is 15.0 Å². The topological polar surface area (TPSA) is 27.7 Å². The lowest BCUT2D eigenvalue weighted by atomic mass is 10.2. The largest absolute Gasteiger partial charge is 0.373 e. The molecule has 4 heteroatoms. The monoisotopic (exact) mass is 229 g/mol. The van der Waals surface area contributed by atoms with Crippen LogP contribution in [0.3, 0.4) is 0 Å². The Labute approximate surface area is 99.9 Å². The summed E-state index contributed by atoms with van der Waals surface area (Å²) >= 11 is 0. The van der Waals surface area contributed by atoms with E-state index in [2.05, 4.69) is 43.1 Å². The Morgan fingerprint density at radius 1 is 1.19 bits per heavy atom. The van der Waals surface area contributed by atoms with Crippen molar-refractivity contribution < 1.29 is 4.74 Å². The fraction of sp³-hybridized carbons (Fsp3) is 1.00. The molecule has 0 aromatic heterocycles. The Morgan fingerprint density at radius 2 is 1.81 bits per heavy atom. The molecule has 1 aliphatic rings. The molecule has 0 amide bonds. The van der Waals surface area contributed by atoms with Gasteiger partial charge in [-0.15, -0.1) is 0 Å². The first kappa shape index (κ1) is 13.9. The zero-order chi connectivity index (χ0) is 12.0. The highest BCUT2D eigenvalue weighted by Crippen LogP contribution is 2.09. The summed E-state index contributed by atoms with van der Waals surface area (Å²) in [4.78, 5) is 4.69. The second-order valence-electron chi connectivity index (χ2n) is 5.07. The third-order valence-electron chi connectivity index (χ3n) is 2.84. The van der Waals surface area contributed by atoms with Gasteiger partial charge in [-0.05, 0) is 27.9 Å². The molecular formula is C12H27N3O. The highest BCUT2D eigenvalue weighted by Gasteiger charge is 2.21. The number of nitrogens with one attached hydrogen (secondary N) is 1. The molecule has 0 aromatic carbocycles. The first-order valence-electron chi connectivity index (χ1n) is 6.31. The number of hydrogen-bond donors (Lipinski definition) is 1. The predicted octanol–water partition coefficient (Wildman–Crippen LogP) is 0.247. The van der Waals surface area contributed by atoms with E-state index in [0.717, 1.165) is 39.3 Å². The molecule has 2 atom stereocenters. The molecule has 0 saturated carbocycles. The van der Waals surface area contributed by atoms with Gasteiger partial charge >= 0.3 is 0 Å². The summed E-state index contributed by atoms with van der Waals surface area (Å²) in [5, 5.41) is 3.47. The summed E-state index contributed by atoms with van der Waals surface area (Å²) in [6.45, 7) is 10.8. The van der Waals surface area contributed by atoms with Crippen molar-refractivity contribution in [3.05, 3.63) is 0 Å². The van der Waals surface area contributed by atoms with Gasteiger partial charge in [0.2, 0.25) is 0 Å². The molecule has 96 valence electrons. The lowest BCUT2D eigenvalue weighted by Gasteiger charge is -2.35. The molecule has 0 aromatic rings. The summed E-state index contributed by atoms with van der Waals surface area (Å²) < 4.78 is 5.71. The Hall–Kier alpha value is -0.160. The lowest BCUT2D eigenvalue weighted by Crippen LogP contribution is -2.47. The third kappa shape index (κ3) is 5.80. The molecule has 1 aliphatic heterocycles. The Kier molecular flexibility index (Phi) is 6.28. The predicted molar refractivity (Wildman–Crippen MR) is 67.9 cm³/mol. The maximum atomic E-state index is 5.71. The minimum atomic E-state index is 0.380. The summed E-state index contributed by atoms with van der Waals surface area (Å²) in [7, 11) is 4.21. The van der Waals surface area contributed by atoms with E-state index >= 15 is 0 Å². The van der Waals surface area contributed by atoms with Gasteiger partial charge in [0.15, 0.2) is 0 Å². The van der Waals surface area contributed by atoms with Crippen LogP contribution in [0, 0.1) is 0 Å². The molecule has 1 N–H and O–H groups in total. The zero-order valence-electron chi connectivity index (χ0n) is 11.2. The van der Waals surface area contributed by atoms with E-state index in [1.165, 1.54) is 0 Å². The molecule has 0 bridgehead atoms. The smallest absolute Gasteiger partial charge is 0.0678 e. The number of nitrogens with zero attached hydrogens (tertiary/aromatic N) is 2. The van der Waals surface area contributed by atoms with Crippen molar-refractivity contribution in [1.29, 1.82) is 0 Å². The summed E-state index contributed by atoms with van der Waals surface area (Å²) in [5.41, 5.74) is 0. The standard InChI is InChI=1S/C12H27N3O/c1-11-9-15(10-12(2)16-11)8-6-13-5-7-14(3)4/h11-13H,5-10H2,1-4H3. The zero-order valence-corrected chi connectivity index (χ0v) is 11.2. The molecule has 1 heterocycles. The fourth-order valence-corrected chi connectivity index (χ4v) is 2.13. The minimum Gasteiger partial charge on any atom is -0.373 e. The average molecular weight is 229 g/mol. The van der Waals surface area contributed by atoms with Gasteiger partial charge in [0, 0.05) is 39.3 Å². The van der Waals surface area contributed by atoms with Crippen molar-refractivity contribution in [2.24, 2.45) is 0 Å². The molecule has 1 rings (SSSR count). The highest BCUT2D eigenvalue weighted by atomic mass is 16.5. The van der Waals surface area contributed by atoms with E-state index in [1.54, 1.807) is 0 Å². The molecule has 4 nitrogen and oxygen atoms in total. The average Bonchev–Trinajstić information content (AvgIpc) is 2.15. The first-order valence-corrected chi connectivity index (χ1v) is 6.31. The van der Waals surface area contributed by atoms with Crippen LogP contribution < -0.4 is 5.32 Å². The molecule has 2 unspecified atom stereocenters. The normalized spacial score (nSPS) is 27.6. The van der Waals surface area contributed by atoms with Crippen LogP contribution in [0.15, 0.2) is 0 Å². The van der Waals surface area contributed by atoms with Crippen molar-refractivity contribution in [1.82, 2.24) is 15.1 Å². The second kappa shape index (κ2) is 7.22. The Balaban J connectivity index is 2.04. The van der Waals surface area contributed by atoms with E-state index in [9.17, 15) is 0 Å². The van der Waals surface area contributed by atoms with Crippen LogP contribution in [0.5, 0.6) is 0 Å².